The summed E-state index contributed by atoms with van der Waals surface area (Å²) in [5.41, 5.74) is -2.25. The minimum absolute atomic E-state index is 0.535. The van der Waals surface area contributed by atoms with E-state index in [1.165, 1.54) is 0 Å². The predicted octanol–water partition coefficient (Wildman–Crippen LogP) is -1.69. The molecule has 0 amide bonds. The van der Waals surface area contributed by atoms with Gasteiger partial charge in [-0.3, -0.25) is 14.3 Å². The van der Waals surface area contributed by atoms with E-state index in [-0.39, 0.29) is 0 Å². The second kappa shape index (κ2) is 4.06. The number of rotatable bonds is 1. The molecule has 2 heterocycles. The van der Waals surface area contributed by atoms with Gasteiger partial charge in [-0.2, -0.15) is 4.39 Å². The summed E-state index contributed by atoms with van der Waals surface area (Å²) >= 11 is 0. The smallest absolute Gasteiger partial charge is 0.330 e. The summed E-state index contributed by atoms with van der Waals surface area (Å²) in [6.45, 7) is -1.60. The molecule has 0 unspecified atom stereocenters. The number of H-pyrrole nitrogens is 1. The highest BCUT2D eigenvalue weighted by atomic mass is 19.1. The molecule has 7 nitrogen and oxygen atoms in total. The maximum absolute atomic E-state index is 13.1. The van der Waals surface area contributed by atoms with Gasteiger partial charge in [-0.15, -0.1) is 0 Å². The number of aliphatic hydroxyl groups excluding tert-OH is 2. The third-order valence-electron chi connectivity index (χ3n) is 2.47. The van der Waals surface area contributed by atoms with Crippen LogP contribution in [0.5, 0.6) is 0 Å². The van der Waals surface area contributed by atoms with Crippen molar-refractivity contribution >= 4 is 0 Å². The predicted molar refractivity (Wildman–Crippen MR) is 52.9 cm³/mol. The fourth-order valence-corrected chi connectivity index (χ4v) is 1.56. The molecule has 1 aromatic rings. The highest BCUT2D eigenvalue weighted by molar-refractivity contribution is 4.93. The fraction of sp³-hybridized carbons (Fsp3) is 0.556. The van der Waals surface area contributed by atoms with Gasteiger partial charge in [0.1, 0.15) is 12.2 Å². The van der Waals surface area contributed by atoms with Gasteiger partial charge in [-0.05, 0) is 6.88 Å². The van der Waals surface area contributed by atoms with Gasteiger partial charge in [0.05, 0.1) is 12.3 Å². The summed E-state index contributed by atoms with van der Waals surface area (Å²) in [5.74, 6) is -1.26. The number of aliphatic hydroxyl groups is 2. The van der Waals surface area contributed by atoms with E-state index in [1.54, 1.807) is 4.98 Å². The van der Waals surface area contributed by atoms with Crippen molar-refractivity contribution in [2.75, 3.05) is 0 Å². The standard InChI is InChI=1S/C9H11FN2O5/c1-3-5(13)6(14)8(17-3)12-2-4(10)7(15)11-9(12)16/h2-3,5-6,8,13-14H,1H3,(H,11,15,16)/t3-,5-,6-,8-/m1/s1/i1D2. The Labute approximate surface area is 96.9 Å². The fourth-order valence-electron chi connectivity index (χ4n) is 1.56. The molecule has 1 fully saturated rings. The molecular formula is C9H11FN2O5. The zero-order valence-electron chi connectivity index (χ0n) is 10.4. The number of hydrogen-bond acceptors (Lipinski definition) is 5. The van der Waals surface area contributed by atoms with Gasteiger partial charge in [-0.25, -0.2) is 4.79 Å². The summed E-state index contributed by atoms with van der Waals surface area (Å²) in [6.07, 6.45) is -5.47. The second-order valence-electron chi connectivity index (χ2n) is 3.62. The van der Waals surface area contributed by atoms with Gasteiger partial charge in [-0.1, -0.05) is 0 Å². The Balaban J connectivity index is 2.41. The van der Waals surface area contributed by atoms with Crippen LogP contribution in [0.1, 0.15) is 15.8 Å². The lowest BCUT2D eigenvalue weighted by atomic mass is 10.1. The van der Waals surface area contributed by atoms with Crippen molar-refractivity contribution in [3.05, 3.63) is 32.9 Å². The van der Waals surface area contributed by atoms with Crippen LogP contribution in [0.25, 0.3) is 0 Å². The molecular weight excluding hydrogens is 235 g/mol. The van der Waals surface area contributed by atoms with Gasteiger partial charge in [0.15, 0.2) is 6.23 Å². The lowest BCUT2D eigenvalue weighted by Gasteiger charge is -2.16. The average Bonchev–Trinajstić information content (AvgIpc) is 2.62. The monoisotopic (exact) mass is 248 g/mol. The van der Waals surface area contributed by atoms with Crippen LogP contribution in [0.15, 0.2) is 15.8 Å². The lowest BCUT2D eigenvalue weighted by molar-refractivity contribution is -0.0356. The van der Waals surface area contributed by atoms with Crippen molar-refractivity contribution in [2.45, 2.75) is 31.4 Å². The number of aromatic nitrogens is 2. The first-order valence-electron chi connectivity index (χ1n) is 5.85. The van der Waals surface area contributed by atoms with E-state index in [0.29, 0.717) is 10.8 Å². The molecule has 0 bridgehead atoms. The van der Waals surface area contributed by atoms with E-state index in [0.717, 1.165) is 0 Å². The van der Waals surface area contributed by atoms with E-state index in [9.17, 15) is 24.2 Å². The number of nitrogens with zero attached hydrogens (tertiary/aromatic N) is 1. The summed E-state index contributed by atoms with van der Waals surface area (Å²) in [6, 6.07) is 0. The SMILES string of the molecule is [2H]C([2H])[C@H]1O[C@@H](n2cc(F)c(=O)[nH]c2=O)[C@H](O)[C@@H]1O. The molecule has 0 radical (unpaired) electrons. The van der Waals surface area contributed by atoms with Gasteiger partial charge >= 0.3 is 5.69 Å². The minimum Gasteiger partial charge on any atom is -0.388 e. The van der Waals surface area contributed by atoms with Crippen LogP contribution in [0.2, 0.25) is 0 Å². The Morgan fingerprint density at radius 2 is 2.24 bits per heavy atom. The zero-order chi connectivity index (χ0) is 14.3. The van der Waals surface area contributed by atoms with E-state index in [4.69, 9.17) is 7.48 Å². The van der Waals surface area contributed by atoms with Crippen molar-refractivity contribution in [3.63, 3.8) is 0 Å². The maximum atomic E-state index is 13.1. The van der Waals surface area contributed by atoms with E-state index < -0.39 is 48.5 Å². The first-order chi connectivity index (χ1) is 8.82. The van der Waals surface area contributed by atoms with Crippen LogP contribution in [0.4, 0.5) is 4.39 Å². The quantitative estimate of drug-likeness (QED) is 0.550. The molecule has 0 aliphatic carbocycles. The molecule has 0 saturated carbocycles. The molecule has 8 heteroatoms. The molecule has 0 aromatic carbocycles. The van der Waals surface area contributed by atoms with Gasteiger partial charge in [0.25, 0.3) is 5.56 Å². The molecule has 1 saturated heterocycles. The highest BCUT2D eigenvalue weighted by Gasteiger charge is 2.41. The Morgan fingerprint density at radius 3 is 2.82 bits per heavy atom. The van der Waals surface area contributed by atoms with Crippen LogP contribution in [-0.2, 0) is 4.74 Å². The summed E-state index contributed by atoms with van der Waals surface area (Å²) in [7, 11) is 0. The summed E-state index contributed by atoms with van der Waals surface area (Å²) in [4.78, 5) is 24.0. The molecule has 1 aliphatic rings. The topological polar surface area (TPSA) is 105 Å². The molecule has 1 aromatic heterocycles. The van der Waals surface area contributed by atoms with Crippen molar-refractivity contribution in [2.24, 2.45) is 0 Å². The zero-order valence-corrected chi connectivity index (χ0v) is 8.41. The molecule has 17 heavy (non-hydrogen) atoms. The van der Waals surface area contributed by atoms with E-state index in [2.05, 4.69) is 0 Å². The number of nitrogens with one attached hydrogen (secondary N) is 1. The Kier molecular flexibility index (Phi) is 2.27. The first-order valence-corrected chi connectivity index (χ1v) is 4.70. The lowest BCUT2D eigenvalue weighted by Crippen LogP contribution is -2.38. The van der Waals surface area contributed by atoms with Crippen LogP contribution < -0.4 is 11.2 Å². The molecule has 1 aliphatic heterocycles. The minimum atomic E-state index is -1.62. The summed E-state index contributed by atoms with van der Waals surface area (Å²) < 4.78 is 32.9. The maximum Gasteiger partial charge on any atom is 0.330 e. The molecule has 0 spiro atoms. The molecule has 2 rings (SSSR count). The number of aromatic amines is 1. The normalized spacial score (nSPS) is 34.8. The first kappa shape index (κ1) is 9.51. The van der Waals surface area contributed by atoms with Gasteiger partial charge < -0.3 is 14.9 Å². The van der Waals surface area contributed by atoms with Crippen LogP contribution in [0.3, 0.4) is 0 Å². The van der Waals surface area contributed by atoms with Crippen LogP contribution >= 0.6 is 0 Å². The largest absolute Gasteiger partial charge is 0.388 e. The number of ether oxygens (including phenoxy) is 1. The van der Waals surface area contributed by atoms with Crippen molar-refractivity contribution in [3.8, 4) is 0 Å². The Hall–Kier alpha value is -1.51. The van der Waals surface area contributed by atoms with Crippen molar-refractivity contribution < 1.29 is 22.1 Å². The molecule has 3 N–H and O–H groups in total. The molecule has 94 valence electrons. The van der Waals surface area contributed by atoms with Crippen LogP contribution in [0, 0.1) is 5.82 Å². The summed E-state index contributed by atoms with van der Waals surface area (Å²) in [5, 5.41) is 19.3. The van der Waals surface area contributed by atoms with Crippen molar-refractivity contribution in [1.82, 2.24) is 9.55 Å². The number of halogens is 1. The molecule has 4 atom stereocenters. The average molecular weight is 248 g/mol. The van der Waals surface area contributed by atoms with Crippen molar-refractivity contribution in [1.29, 1.82) is 0 Å². The second-order valence-corrected chi connectivity index (χ2v) is 3.62. The van der Waals surface area contributed by atoms with Gasteiger partial charge in [0.2, 0.25) is 5.82 Å². The number of hydrogen-bond donors (Lipinski definition) is 3. The Morgan fingerprint density at radius 1 is 1.53 bits per heavy atom. The van der Waals surface area contributed by atoms with Crippen LogP contribution in [-0.4, -0.2) is 38.1 Å². The van der Waals surface area contributed by atoms with Gasteiger partial charge in [0, 0.05) is 2.74 Å². The third kappa shape index (κ3) is 1.90. The van der Waals surface area contributed by atoms with E-state index >= 15 is 0 Å². The highest BCUT2D eigenvalue weighted by Crippen LogP contribution is 2.27. The third-order valence-corrected chi connectivity index (χ3v) is 2.47. The van der Waals surface area contributed by atoms with E-state index in [1.807, 2.05) is 0 Å². The Bertz CT molecular complexity index is 589.